The quantitative estimate of drug-likeness (QED) is 0.138. The summed E-state index contributed by atoms with van der Waals surface area (Å²) < 4.78 is 0. The number of benzene rings is 2. The first-order valence-corrected chi connectivity index (χ1v) is 16.2. The predicted molar refractivity (Wildman–Crippen MR) is 188 cm³/mol. The molecule has 2 saturated heterocycles. The van der Waals surface area contributed by atoms with Crippen molar-refractivity contribution in [3.8, 4) is 0 Å². The summed E-state index contributed by atoms with van der Waals surface area (Å²) in [4.78, 5) is 14.0. The molecule has 0 atom stereocenters. The largest absolute Gasteiger partial charge is 0.392 e. The second kappa shape index (κ2) is 20.0. The van der Waals surface area contributed by atoms with Gasteiger partial charge in [-0.3, -0.25) is 9.97 Å². The second-order valence-corrected chi connectivity index (χ2v) is 11.8. The second-order valence-electron chi connectivity index (χ2n) is 11.8. The summed E-state index contributed by atoms with van der Waals surface area (Å²) in [5.74, 6) is 0. The third-order valence-electron chi connectivity index (χ3n) is 8.51. The third kappa shape index (κ3) is 11.5. The Balaban J connectivity index is 0.000000240. The third-order valence-corrected chi connectivity index (χ3v) is 8.51. The van der Waals surface area contributed by atoms with Crippen LogP contribution in [0.5, 0.6) is 0 Å². The number of pyridine rings is 2. The van der Waals surface area contributed by atoms with Gasteiger partial charge in [0.25, 0.3) is 0 Å². The first kappa shape index (κ1) is 37.1. The Bertz CT molecular complexity index is 1410. The van der Waals surface area contributed by atoms with E-state index in [9.17, 15) is 0 Å². The first-order valence-electron chi connectivity index (χ1n) is 16.2. The van der Waals surface area contributed by atoms with E-state index in [4.69, 9.17) is 10.2 Å². The van der Waals surface area contributed by atoms with E-state index in [0.717, 1.165) is 67.1 Å². The average molecular weight is 712 g/mol. The van der Waals surface area contributed by atoms with Crippen molar-refractivity contribution < 1.29 is 30.6 Å². The predicted octanol–water partition coefficient (Wildman–Crippen LogP) is 7.53. The fraction of sp³-hybridized carbons (Fsp3) is 0.359. The molecule has 7 heteroatoms. The van der Waals surface area contributed by atoms with Crippen molar-refractivity contribution in [1.29, 1.82) is 0 Å². The summed E-state index contributed by atoms with van der Waals surface area (Å²) in [6.07, 6.45) is 17.9. The standard InChI is InChI=1S/C19H24N2O.C19H22N2O.CH3.Pd/c2*22-15-17-6-4-16(5-7-17)8-9-18-10-11-19(14-20-18)21-12-2-1-3-13-21;;/h4-7,10-11,14,22H,1-3,8-9,12-13,15H2;4-11,14,22H,1-3,12-13,15H2;1H3;/q;;-1;. The van der Waals surface area contributed by atoms with E-state index in [-0.39, 0.29) is 41.1 Å². The number of aliphatic hydroxyl groups is 2. The van der Waals surface area contributed by atoms with Gasteiger partial charge in [-0.15, -0.1) is 0 Å². The molecule has 0 aliphatic carbocycles. The van der Waals surface area contributed by atoms with Crippen LogP contribution in [0.4, 0.5) is 11.4 Å². The van der Waals surface area contributed by atoms with Gasteiger partial charge in [0, 0.05) is 52.3 Å². The molecule has 6 nitrogen and oxygen atoms in total. The molecule has 6 rings (SSSR count). The van der Waals surface area contributed by atoms with E-state index >= 15 is 0 Å². The van der Waals surface area contributed by atoms with Crippen molar-refractivity contribution in [2.75, 3.05) is 36.0 Å². The summed E-state index contributed by atoms with van der Waals surface area (Å²) >= 11 is 0. The van der Waals surface area contributed by atoms with E-state index in [0.29, 0.717) is 0 Å². The van der Waals surface area contributed by atoms with Gasteiger partial charge in [0.15, 0.2) is 0 Å². The van der Waals surface area contributed by atoms with Crippen molar-refractivity contribution in [2.24, 2.45) is 0 Å². The molecule has 2 aromatic heterocycles. The molecule has 2 aliphatic heterocycles. The topological polar surface area (TPSA) is 72.7 Å². The molecule has 248 valence electrons. The maximum absolute atomic E-state index is 9.06. The van der Waals surface area contributed by atoms with Crippen molar-refractivity contribution in [3.63, 3.8) is 0 Å². The van der Waals surface area contributed by atoms with Crippen LogP contribution in [0.1, 0.15) is 72.2 Å². The number of hydrogen-bond acceptors (Lipinski definition) is 6. The molecule has 4 aromatic rings. The molecule has 0 amide bonds. The minimum absolute atomic E-state index is 0. The fourth-order valence-corrected chi connectivity index (χ4v) is 5.74. The monoisotopic (exact) mass is 711 g/mol. The Hall–Kier alpha value is -3.34. The van der Waals surface area contributed by atoms with Gasteiger partial charge in [-0.05, 0) is 104 Å². The van der Waals surface area contributed by atoms with Gasteiger partial charge in [-0.25, -0.2) is 0 Å². The van der Waals surface area contributed by atoms with Crippen molar-refractivity contribution in [3.05, 3.63) is 126 Å². The molecule has 0 spiro atoms. The van der Waals surface area contributed by atoms with E-state index in [1.807, 2.05) is 60.9 Å². The van der Waals surface area contributed by atoms with Gasteiger partial charge >= 0.3 is 0 Å². The Morgan fingerprint density at radius 3 is 1.52 bits per heavy atom. The van der Waals surface area contributed by atoms with Crippen LogP contribution in [0.2, 0.25) is 0 Å². The number of aromatic nitrogens is 2. The summed E-state index contributed by atoms with van der Waals surface area (Å²) in [6, 6.07) is 24.6. The van der Waals surface area contributed by atoms with E-state index in [1.54, 1.807) is 0 Å². The Labute approximate surface area is 289 Å². The van der Waals surface area contributed by atoms with Crippen LogP contribution in [0.3, 0.4) is 0 Å². The minimum Gasteiger partial charge on any atom is -0.392 e. The number of piperidine rings is 2. The summed E-state index contributed by atoms with van der Waals surface area (Å²) in [5, 5.41) is 18.1. The molecule has 0 saturated carbocycles. The molecule has 0 bridgehead atoms. The van der Waals surface area contributed by atoms with Crippen LogP contribution in [-0.2, 0) is 46.5 Å². The van der Waals surface area contributed by atoms with Crippen LogP contribution in [0.25, 0.3) is 12.2 Å². The van der Waals surface area contributed by atoms with Crippen molar-refractivity contribution in [1.82, 2.24) is 9.97 Å². The van der Waals surface area contributed by atoms with Gasteiger partial charge in [-0.1, -0.05) is 54.6 Å². The zero-order chi connectivity index (χ0) is 30.4. The molecule has 2 N–H and O–H groups in total. The Morgan fingerprint density at radius 2 is 1.04 bits per heavy atom. The molecule has 2 aromatic carbocycles. The molecular formula is C39H49N4O2Pd-. The number of rotatable bonds is 9. The number of hydrogen-bond donors (Lipinski definition) is 2. The zero-order valence-corrected chi connectivity index (χ0v) is 28.7. The molecule has 2 fully saturated rings. The number of aliphatic hydroxyl groups excluding tert-OH is 2. The maximum atomic E-state index is 9.06. The van der Waals surface area contributed by atoms with Gasteiger partial charge in [-0.2, -0.15) is 0 Å². The number of anilines is 2. The normalized spacial score (nSPS) is 14.6. The molecule has 0 unspecified atom stereocenters. The molecule has 2 aliphatic rings. The summed E-state index contributed by atoms with van der Waals surface area (Å²) in [6.45, 7) is 4.82. The van der Waals surface area contributed by atoms with Crippen LogP contribution in [0, 0.1) is 7.43 Å². The van der Waals surface area contributed by atoms with Crippen LogP contribution < -0.4 is 9.80 Å². The maximum Gasteiger partial charge on any atom is 0.0681 e. The van der Waals surface area contributed by atoms with Crippen LogP contribution >= 0.6 is 0 Å². The number of aryl methyl sites for hydroxylation is 2. The molecule has 46 heavy (non-hydrogen) atoms. The van der Waals surface area contributed by atoms with E-state index in [2.05, 4.69) is 56.2 Å². The number of nitrogens with zero attached hydrogens (tertiary/aromatic N) is 4. The summed E-state index contributed by atoms with van der Waals surface area (Å²) in [5.41, 5.74) is 8.89. The van der Waals surface area contributed by atoms with Gasteiger partial charge < -0.3 is 27.4 Å². The van der Waals surface area contributed by atoms with E-state index in [1.165, 1.54) is 55.5 Å². The van der Waals surface area contributed by atoms with Crippen LogP contribution in [0.15, 0.2) is 85.2 Å². The van der Waals surface area contributed by atoms with Gasteiger partial charge in [0.2, 0.25) is 0 Å². The van der Waals surface area contributed by atoms with E-state index < -0.39 is 0 Å². The first-order chi connectivity index (χ1) is 21.7. The SMILES string of the molecule is OCc1ccc(C=Cc2ccc(N3CCCCC3)cn2)cc1.OCc1ccc(CCc2ccc(N3CCCCC3)cn2)cc1.[CH3-].[Pd]. The van der Waals surface area contributed by atoms with Crippen molar-refractivity contribution in [2.45, 2.75) is 64.6 Å². The fourth-order valence-electron chi connectivity index (χ4n) is 5.74. The van der Waals surface area contributed by atoms with Crippen molar-refractivity contribution >= 4 is 23.5 Å². The molecule has 0 radical (unpaired) electrons. The Morgan fingerprint density at radius 1 is 0.543 bits per heavy atom. The molecular weight excluding hydrogens is 663 g/mol. The zero-order valence-electron chi connectivity index (χ0n) is 27.1. The van der Waals surface area contributed by atoms with Gasteiger partial charge in [0.05, 0.1) is 42.7 Å². The van der Waals surface area contributed by atoms with Gasteiger partial charge in [0.1, 0.15) is 0 Å². The summed E-state index contributed by atoms with van der Waals surface area (Å²) in [7, 11) is 0. The Kier molecular flexibility index (Phi) is 16.2. The van der Waals surface area contributed by atoms with Crippen LogP contribution in [-0.4, -0.2) is 46.4 Å². The smallest absolute Gasteiger partial charge is 0.0681 e. The molecule has 4 heterocycles. The minimum atomic E-state index is 0. The average Bonchev–Trinajstić information content (AvgIpc) is 3.12.